The van der Waals surface area contributed by atoms with Crippen LogP contribution in [0.5, 0.6) is 0 Å². The number of pyridine rings is 4. The number of thioether (sulfide) groups is 1. The third-order valence-electron chi connectivity index (χ3n) is 8.57. The van der Waals surface area contributed by atoms with Gasteiger partial charge in [-0.3, -0.25) is 10.4 Å². The molecule has 6 rings (SSSR count). The number of hydrogen-bond donors (Lipinski definition) is 4. The van der Waals surface area contributed by atoms with E-state index < -0.39 is 41.0 Å². The number of carboxylic acid groups (broad SMARTS) is 3. The third kappa shape index (κ3) is 12.0. The summed E-state index contributed by atoms with van der Waals surface area (Å²) in [4.78, 5) is 44.7. The number of aromatic nitrogens is 4. The number of rotatable bonds is 12. The van der Waals surface area contributed by atoms with Crippen LogP contribution >= 0.6 is 23.1 Å². The number of nitrogens with zero attached hydrogens (tertiary/aromatic N) is 5. The van der Waals surface area contributed by atoms with Crippen molar-refractivity contribution in [1.82, 2.24) is 9.97 Å². The summed E-state index contributed by atoms with van der Waals surface area (Å²) in [6, 6.07) is 15.2. The van der Waals surface area contributed by atoms with Crippen LogP contribution in [0.15, 0.2) is 85.3 Å². The van der Waals surface area contributed by atoms with Crippen LogP contribution in [0.4, 0.5) is 13.2 Å². The summed E-state index contributed by atoms with van der Waals surface area (Å²) in [5.74, 6) is 2.77. The van der Waals surface area contributed by atoms with Crippen LogP contribution in [0.25, 0.3) is 46.4 Å². The van der Waals surface area contributed by atoms with E-state index in [9.17, 15) is 48.1 Å². The van der Waals surface area contributed by atoms with Gasteiger partial charge in [0, 0.05) is 53.7 Å². The minimum absolute atomic E-state index is 0. The Kier molecular flexibility index (Phi) is 16.3. The summed E-state index contributed by atoms with van der Waals surface area (Å²) < 4.78 is 40.6. The molecular weight excluding hydrogens is 921 g/mol. The minimum Gasteiger partial charge on any atom is -0.697 e. The third-order valence-corrected chi connectivity index (χ3v) is 10.3. The molecule has 6 heterocycles. The number of nitrogens with one attached hydrogen (secondary N) is 2. The van der Waals surface area contributed by atoms with E-state index in [0.29, 0.717) is 23.0 Å². The molecule has 5 aromatic heterocycles. The molecule has 1 aliphatic heterocycles. The zero-order valence-corrected chi connectivity index (χ0v) is 35.1. The molecule has 0 bridgehead atoms. The SMILES string of the molecule is CCCCCC#Cc1ccc(/C=C/c2ccnc(/C([NH-])=C/C(=N)C(F)(F)F)c2)s1.N#CS[C@H]1[n+]2ccc(C(=O)O)cc2-c2cc(C(=O)O)cc(-c3cc(C(=O)O)ccn3)[n+]21.[Ru+]. The van der Waals surface area contributed by atoms with Crippen LogP contribution in [-0.4, -0.2) is 55.1 Å². The van der Waals surface area contributed by atoms with Crippen molar-refractivity contribution >= 4 is 64.6 Å². The van der Waals surface area contributed by atoms with E-state index in [2.05, 4.69) is 28.7 Å². The number of halogens is 3. The summed E-state index contributed by atoms with van der Waals surface area (Å²) in [6.45, 7) is 2.16. The quantitative estimate of drug-likeness (QED) is 0.0233. The summed E-state index contributed by atoms with van der Waals surface area (Å²) in [7, 11) is 0. The maximum atomic E-state index is 12.5. The van der Waals surface area contributed by atoms with Gasteiger partial charge in [0.15, 0.2) is 6.20 Å². The second kappa shape index (κ2) is 21.1. The maximum absolute atomic E-state index is 12.5. The van der Waals surface area contributed by atoms with Crippen LogP contribution in [0.3, 0.4) is 0 Å². The largest absolute Gasteiger partial charge is 1.00 e. The minimum atomic E-state index is -4.78. The van der Waals surface area contributed by atoms with Crippen molar-refractivity contribution in [2.75, 3.05) is 0 Å². The molecule has 0 spiro atoms. The molecular formula is C42H33F3N7O6RuS2+2. The van der Waals surface area contributed by atoms with Gasteiger partial charge in [0.2, 0.25) is 5.69 Å². The van der Waals surface area contributed by atoms with E-state index in [0.717, 1.165) is 34.4 Å². The number of alkyl halides is 3. The number of unbranched alkanes of at least 4 members (excludes halogenated alkanes) is 3. The molecule has 0 saturated carbocycles. The fourth-order valence-corrected chi connectivity index (χ4v) is 7.20. The number of carbonyl (C=O) groups is 3. The van der Waals surface area contributed by atoms with Gasteiger partial charge in [-0.1, -0.05) is 37.7 Å². The van der Waals surface area contributed by atoms with E-state index in [1.807, 2.05) is 23.6 Å². The van der Waals surface area contributed by atoms with E-state index in [1.54, 1.807) is 32.6 Å². The molecule has 1 radical (unpaired) electrons. The Morgan fingerprint density at radius 2 is 1.59 bits per heavy atom. The van der Waals surface area contributed by atoms with Crippen LogP contribution in [0.2, 0.25) is 0 Å². The number of carboxylic acids is 3. The second-order valence-corrected chi connectivity index (χ2v) is 14.7. The topological polar surface area (TPSA) is 217 Å². The van der Waals surface area contributed by atoms with E-state index >= 15 is 0 Å². The van der Waals surface area contributed by atoms with E-state index in [-0.39, 0.29) is 53.3 Å². The van der Waals surface area contributed by atoms with Gasteiger partial charge >= 0.3 is 49.1 Å². The number of aromatic carboxylic acids is 3. The van der Waals surface area contributed by atoms with Crippen molar-refractivity contribution in [2.45, 2.75) is 44.3 Å². The normalized spacial score (nSPS) is 12.7. The van der Waals surface area contributed by atoms with Crippen molar-refractivity contribution < 1.29 is 71.5 Å². The molecule has 5 aromatic rings. The predicted molar refractivity (Wildman–Crippen MR) is 219 cm³/mol. The average molecular weight is 954 g/mol. The van der Waals surface area contributed by atoms with Gasteiger partial charge in [0.25, 0.3) is 11.4 Å². The Balaban J connectivity index is 0.000000265. The van der Waals surface area contributed by atoms with Gasteiger partial charge < -0.3 is 21.1 Å². The van der Waals surface area contributed by atoms with Crippen molar-refractivity contribution in [3.8, 4) is 40.0 Å². The molecule has 0 aromatic carbocycles. The standard InChI is InChI=1S/C22H21F3N3S.C20H10N4O6S.Ru/c1-2-3-4-5-6-7-17-10-11-18(29-17)9-8-16-12-13-28-20(14-16)19(26)15-21(27)22(23,24)25;21-9-31-20-23-4-2-11(18(27)28)6-15(23)16-8-12(19(29)30)7-14(24(16)20)13-5-10(17(25)26)1-3-22-13;/h8-15,26-27H,2-5H2,1H3;1-8,20H,(H-2,25,26,27,28,29,30);/q-1;;+1/p+2/b9-8+,19-15-,27-21?;;/t;20-;/m.0./s1. The number of thiophene rings is 1. The predicted octanol–water partition coefficient (Wildman–Crippen LogP) is 8.84. The van der Waals surface area contributed by atoms with Crippen LogP contribution < -0.4 is 9.13 Å². The number of fused-ring (bicyclic) bond motifs is 3. The molecule has 13 nitrogen and oxygen atoms in total. The molecule has 5 N–H and O–H groups in total. The maximum Gasteiger partial charge on any atom is 1.00 e. The van der Waals surface area contributed by atoms with Crippen molar-refractivity contribution in [2.24, 2.45) is 0 Å². The van der Waals surface area contributed by atoms with Gasteiger partial charge in [-0.05, 0) is 60.5 Å². The Bertz CT molecular complexity index is 2670. The van der Waals surface area contributed by atoms with E-state index in [1.165, 1.54) is 73.9 Å². The summed E-state index contributed by atoms with van der Waals surface area (Å²) >= 11 is 2.42. The monoisotopic (exact) mass is 954 g/mol. The summed E-state index contributed by atoms with van der Waals surface area (Å²) in [5.41, 5.74) is 6.87. The molecule has 1 atom stereocenters. The molecule has 311 valence electrons. The van der Waals surface area contributed by atoms with Gasteiger partial charge in [-0.25, -0.2) is 19.4 Å². The van der Waals surface area contributed by atoms with Crippen molar-refractivity contribution in [3.05, 3.63) is 129 Å². The molecule has 19 heteroatoms. The van der Waals surface area contributed by atoms with Gasteiger partial charge in [0.1, 0.15) is 28.6 Å². The second-order valence-electron chi connectivity index (χ2n) is 12.7. The fourth-order valence-electron chi connectivity index (χ4n) is 5.69. The van der Waals surface area contributed by atoms with Crippen LogP contribution in [-0.2, 0) is 19.5 Å². The van der Waals surface area contributed by atoms with Gasteiger partial charge in [-0.15, -0.1) is 26.2 Å². The van der Waals surface area contributed by atoms with Crippen molar-refractivity contribution in [3.63, 3.8) is 0 Å². The summed E-state index contributed by atoms with van der Waals surface area (Å²) in [6.07, 6.45) is 7.97. The Morgan fingerprint density at radius 3 is 2.26 bits per heavy atom. The van der Waals surface area contributed by atoms with Crippen LogP contribution in [0.1, 0.15) is 90.2 Å². The van der Waals surface area contributed by atoms with E-state index in [4.69, 9.17) is 11.1 Å². The molecule has 0 unspecified atom stereocenters. The zero-order chi connectivity index (χ0) is 43.6. The van der Waals surface area contributed by atoms with Gasteiger partial charge in [-0.2, -0.15) is 18.4 Å². The fraction of sp³-hybridized carbons (Fsp3) is 0.167. The summed E-state index contributed by atoms with van der Waals surface area (Å²) in [5, 5.41) is 46.6. The first kappa shape index (κ1) is 47.2. The number of allylic oxidation sites excluding steroid dienone is 1. The Labute approximate surface area is 368 Å². The van der Waals surface area contributed by atoms with Crippen LogP contribution in [0, 0.1) is 27.9 Å². The van der Waals surface area contributed by atoms with Crippen molar-refractivity contribution in [1.29, 1.82) is 10.7 Å². The molecule has 0 amide bonds. The first-order chi connectivity index (χ1) is 28.6. The molecule has 61 heavy (non-hydrogen) atoms. The smallest absolute Gasteiger partial charge is 0.697 e. The first-order valence-corrected chi connectivity index (χ1v) is 19.5. The average Bonchev–Trinajstić information content (AvgIpc) is 3.81. The Hall–Kier alpha value is -6.53. The first-order valence-electron chi connectivity index (χ1n) is 17.8. The molecule has 0 aliphatic carbocycles. The number of thiocyanates is 1. The molecule has 0 fully saturated rings. The molecule has 0 saturated heterocycles. The number of hydrogen-bond acceptors (Lipinski definition) is 9. The molecule has 1 aliphatic rings. The van der Waals surface area contributed by atoms with Gasteiger partial charge in [0.05, 0.1) is 21.6 Å². The number of nitriles is 1. The Morgan fingerprint density at radius 1 is 0.918 bits per heavy atom. The zero-order valence-electron chi connectivity index (χ0n) is 31.7.